The average Bonchev–Trinajstić information content (AvgIpc) is 3.33. The summed E-state index contributed by atoms with van der Waals surface area (Å²) >= 11 is 0. The summed E-state index contributed by atoms with van der Waals surface area (Å²) in [5.41, 5.74) is 14.6. The number of nitrogens with zero attached hydrogens (tertiary/aromatic N) is 3. The molecule has 0 aromatic carbocycles. The minimum Gasteiger partial charge on any atom is -0.394 e. The molecular formula is C37H66N4O28. The van der Waals surface area contributed by atoms with Gasteiger partial charge in [0.15, 0.2) is 37.7 Å². The van der Waals surface area contributed by atoms with Gasteiger partial charge < -0.3 is 145 Å². The van der Waals surface area contributed by atoms with Crippen molar-refractivity contribution in [2.75, 3.05) is 33.5 Å². The lowest BCUT2D eigenvalue weighted by Gasteiger charge is -2.48. The van der Waals surface area contributed by atoms with Crippen molar-refractivity contribution in [2.45, 2.75) is 198 Å². The van der Waals surface area contributed by atoms with E-state index in [0.29, 0.717) is 0 Å². The molecule has 6 aliphatic rings. The molecule has 0 aromatic rings. The van der Waals surface area contributed by atoms with E-state index in [9.17, 15) is 86.8 Å². The Morgan fingerprint density at radius 3 is 1.12 bits per heavy atom. The number of hydrogen-bond donors (Lipinski definition) is 18. The molecule has 32 heteroatoms. The summed E-state index contributed by atoms with van der Waals surface area (Å²) in [5.74, 6) is 0. The number of ether oxygens (including phenoxy) is 11. The number of aliphatic hydroxyl groups excluding tert-OH is 17. The molecule has 6 rings (SSSR count). The second-order valence-corrected chi connectivity index (χ2v) is 17.1. The van der Waals surface area contributed by atoms with Gasteiger partial charge in [-0.15, -0.1) is 0 Å². The fourth-order valence-corrected chi connectivity index (χ4v) is 8.54. The molecule has 69 heavy (non-hydrogen) atoms. The molecule has 6 aliphatic heterocycles. The summed E-state index contributed by atoms with van der Waals surface area (Å²) in [6, 6.07) is -1.79. The lowest BCUT2D eigenvalue weighted by atomic mass is 9.95. The first-order chi connectivity index (χ1) is 32.6. The zero-order chi connectivity index (χ0) is 51.3. The Kier molecular flexibility index (Phi) is 21.4. The van der Waals surface area contributed by atoms with E-state index in [1.54, 1.807) is 6.92 Å². The number of methoxy groups -OCH3 is 1. The lowest BCUT2D eigenvalue weighted by molar-refractivity contribution is -0.373. The molecule has 0 radical (unpaired) electrons. The molecule has 28 unspecified atom stereocenters. The molecule has 30 atom stereocenters. The maximum absolute atomic E-state index is 10.7. The van der Waals surface area contributed by atoms with E-state index in [4.69, 9.17) is 63.4 Å². The van der Waals surface area contributed by atoms with Crippen molar-refractivity contribution >= 4 is 0 Å². The zero-order valence-corrected chi connectivity index (χ0v) is 37.2. The van der Waals surface area contributed by atoms with Gasteiger partial charge in [-0.05, 0) is 19.4 Å². The fraction of sp³-hybridized carbons (Fsp3) is 1.00. The summed E-state index contributed by atoms with van der Waals surface area (Å²) in [4.78, 5) is 2.59. The van der Waals surface area contributed by atoms with Crippen LogP contribution in [0.15, 0.2) is 5.11 Å². The van der Waals surface area contributed by atoms with Crippen molar-refractivity contribution in [1.29, 1.82) is 0 Å². The van der Waals surface area contributed by atoms with Crippen molar-refractivity contribution in [3.05, 3.63) is 10.4 Å². The van der Waals surface area contributed by atoms with Crippen molar-refractivity contribution in [3.63, 3.8) is 0 Å². The molecule has 6 saturated heterocycles. The Morgan fingerprint density at radius 1 is 0.435 bits per heavy atom. The van der Waals surface area contributed by atoms with E-state index in [1.807, 2.05) is 0 Å². The zero-order valence-electron chi connectivity index (χ0n) is 37.2. The number of aliphatic hydroxyl groups is 17. The fourth-order valence-electron chi connectivity index (χ4n) is 8.54. The van der Waals surface area contributed by atoms with Crippen LogP contribution in [-0.2, 0) is 52.1 Å². The SMILES string of the molecule is CC1OC(OC2C(CO)OC(OC3C(CO)OC(O)C(O)[C@@H]3O)C(O)C2O)C(O)C(O)C1N=[N+]=[N-].COC1C(N)C(C)OC(OC2C(CO)OC(OC3C(CO)OC(O)C(O)[C@@H]3O)C(O)C2O)C1O. The van der Waals surface area contributed by atoms with Gasteiger partial charge in [0, 0.05) is 12.0 Å². The Hall–Kier alpha value is -1.85. The summed E-state index contributed by atoms with van der Waals surface area (Å²) < 4.78 is 59.3. The van der Waals surface area contributed by atoms with E-state index >= 15 is 0 Å². The van der Waals surface area contributed by atoms with Crippen LogP contribution in [0.4, 0.5) is 0 Å². The molecule has 0 aromatic heterocycles. The van der Waals surface area contributed by atoms with E-state index < -0.39 is 211 Å². The van der Waals surface area contributed by atoms with Gasteiger partial charge >= 0.3 is 0 Å². The van der Waals surface area contributed by atoms with E-state index in [1.165, 1.54) is 14.0 Å². The number of azide groups is 1. The lowest BCUT2D eigenvalue weighted by Crippen LogP contribution is -2.67. The molecule has 402 valence electrons. The van der Waals surface area contributed by atoms with Gasteiger partial charge in [0.05, 0.1) is 56.8 Å². The Labute approximate surface area is 391 Å². The van der Waals surface area contributed by atoms with E-state index in [0.717, 1.165) is 0 Å². The van der Waals surface area contributed by atoms with Crippen LogP contribution in [0, 0.1) is 0 Å². The Morgan fingerprint density at radius 2 is 0.754 bits per heavy atom. The minimum atomic E-state index is -1.88. The Bertz CT molecular complexity index is 1610. The maximum atomic E-state index is 10.7. The number of hydrogen-bond acceptors (Lipinski definition) is 30. The van der Waals surface area contributed by atoms with Gasteiger partial charge in [-0.25, -0.2) is 0 Å². The topological polar surface area (TPSA) is 520 Å². The highest BCUT2D eigenvalue weighted by molar-refractivity contribution is 4.99. The van der Waals surface area contributed by atoms with Crippen LogP contribution in [0.5, 0.6) is 0 Å². The molecular weight excluding hydrogens is 948 g/mol. The van der Waals surface area contributed by atoms with Crippen LogP contribution < -0.4 is 5.73 Å². The first kappa shape index (κ1) is 58.0. The van der Waals surface area contributed by atoms with Gasteiger partial charge in [-0.1, -0.05) is 5.11 Å². The first-order valence-corrected chi connectivity index (χ1v) is 21.8. The second kappa shape index (κ2) is 25.4. The van der Waals surface area contributed by atoms with Crippen LogP contribution in [0.3, 0.4) is 0 Å². The van der Waals surface area contributed by atoms with E-state index in [-0.39, 0.29) is 0 Å². The highest BCUT2D eigenvalue weighted by atomic mass is 16.8. The summed E-state index contributed by atoms with van der Waals surface area (Å²) in [7, 11) is 1.35. The smallest absolute Gasteiger partial charge is 0.187 e. The molecule has 19 N–H and O–H groups in total. The molecule has 0 saturated carbocycles. The highest BCUT2D eigenvalue weighted by Gasteiger charge is 2.55. The molecule has 6 heterocycles. The van der Waals surface area contributed by atoms with E-state index in [2.05, 4.69) is 10.0 Å². The second-order valence-electron chi connectivity index (χ2n) is 17.1. The maximum Gasteiger partial charge on any atom is 0.187 e. The van der Waals surface area contributed by atoms with Gasteiger partial charge in [0.1, 0.15) is 116 Å². The quantitative estimate of drug-likeness (QED) is 0.0436. The normalized spacial score (nSPS) is 51.7. The molecule has 0 bridgehead atoms. The summed E-state index contributed by atoms with van der Waals surface area (Å²) in [6.45, 7) is 0.112. The van der Waals surface area contributed by atoms with Crippen molar-refractivity contribution in [2.24, 2.45) is 10.8 Å². The number of nitrogens with two attached hydrogens (primary N) is 1. The van der Waals surface area contributed by atoms with Gasteiger partial charge in [-0.2, -0.15) is 0 Å². The number of rotatable bonds is 14. The minimum absolute atomic E-state index is 0.599. The molecule has 6 fully saturated rings. The van der Waals surface area contributed by atoms with Crippen LogP contribution in [0.2, 0.25) is 0 Å². The predicted molar refractivity (Wildman–Crippen MR) is 213 cm³/mol. The van der Waals surface area contributed by atoms with Gasteiger partial charge in [-0.3, -0.25) is 0 Å². The molecule has 0 spiro atoms. The largest absolute Gasteiger partial charge is 0.394 e. The van der Waals surface area contributed by atoms with Crippen LogP contribution in [0.25, 0.3) is 10.4 Å². The van der Waals surface area contributed by atoms with Crippen LogP contribution >= 0.6 is 0 Å². The summed E-state index contributed by atoms with van der Waals surface area (Å²) in [5, 5.41) is 175. The third kappa shape index (κ3) is 12.6. The summed E-state index contributed by atoms with van der Waals surface area (Å²) in [6.07, 6.45) is -42.5. The van der Waals surface area contributed by atoms with Gasteiger partial charge in [0.25, 0.3) is 0 Å². The Balaban J connectivity index is 0.000000258. The first-order valence-electron chi connectivity index (χ1n) is 21.8. The van der Waals surface area contributed by atoms with Crippen molar-refractivity contribution in [1.82, 2.24) is 0 Å². The third-order valence-corrected chi connectivity index (χ3v) is 12.6. The van der Waals surface area contributed by atoms with Gasteiger partial charge in [0.2, 0.25) is 0 Å². The molecule has 32 nitrogen and oxygen atoms in total. The standard InChI is InChI=1S/C19H35NO14.C18H31N3O14/c1-5-8(20)16(29-2)13(27)19(30-5)34-15-7(4-22)32-18(12(26)10(15)24)33-14-6(3-21)31-17(28)11(25)9(14)23;1-4-7(20-21-19)8(24)12(28)17(31-4)34-15-6(3-23)33-18(13(29)10(15)26)35-14-5(2-22)32-16(30)11(27)9(14)25/h5-19,21-28H,3-4,20H2,1-2H3;4-18,22-30H,2-3H2,1H3/t5?,6?,7?,8?,9-,10?,11?,12?,13?,14?,15?,16?,17?,18?,19?;4?,5?,6?,7?,8?,9-,10?,11?,12?,13?,14?,15?,16?,17?,18?/m00/s1. The molecule has 0 amide bonds. The van der Waals surface area contributed by atoms with Crippen molar-refractivity contribution < 1.29 is 139 Å². The molecule has 0 aliphatic carbocycles. The predicted octanol–water partition coefficient (Wildman–Crippen LogP) is -11.2. The monoisotopic (exact) mass is 1010 g/mol. The van der Waals surface area contributed by atoms with Crippen molar-refractivity contribution in [3.8, 4) is 0 Å². The van der Waals surface area contributed by atoms with Crippen LogP contribution in [-0.4, -0.2) is 304 Å². The van der Waals surface area contributed by atoms with Crippen LogP contribution in [0.1, 0.15) is 13.8 Å². The average molecular weight is 1010 g/mol. The highest BCUT2D eigenvalue weighted by Crippen LogP contribution is 2.35. The third-order valence-electron chi connectivity index (χ3n) is 12.6.